The molecule has 1 aromatic heterocycles. The van der Waals surface area contributed by atoms with Crippen molar-refractivity contribution in [2.45, 2.75) is 44.4 Å². The van der Waals surface area contributed by atoms with Gasteiger partial charge in [-0.15, -0.1) is 0 Å². The van der Waals surface area contributed by atoms with Gasteiger partial charge in [-0.25, -0.2) is 9.37 Å². The van der Waals surface area contributed by atoms with Crippen LogP contribution in [0.5, 0.6) is 0 Å². The summed E-state index contributed by atoms with van der Waals surface area (Å²) in [6.45, 7) is 0.395. The maximum Gasteiger partial charge on any atom is 0.254 e. The second kappa shape index (κ2) is 7.35. The van der Waals surface area contributed by atoms with Crippen LogP contribution in [0.1, 0.15) is 60.0 Å². The van der Waals surface area contributed by atoms with E-state index in [0.717, 1.165) is 24.5 Å². The maximum absolute atomic E-state index is 13.5. The van der Waals surface area contributed by atoms with E-state index in [1.54, 1.807) is 12.1 Å². The lowest BCUT2D eigenvalue weighted by molar-refractivity contribution is 0.0950. The van der Waals surface area contributed by atoms with E-state index in [0.29, 0.717) is 18.9 Å². The van der Waals surface area contributed by atoms with E-state index in [4.69, 9.17) is 0 Å². The van der Waals surface area contributed by atoms with Crippen LogP contribution >= 0.6 is 0 Å². The first kappa shape index (κ1) is 15.6. The van der Waals surface area contributed by atoms with Crippen molar-refractivity contribution in [2.24, 2.45) is 0 Å². The summed E-state index contributed by atoms with van der Waals surface area (Å²) < 4.78 is 13.5. The molecule has 6 heteroatoms. The molecule has 0 atom stereocenters. The van der Waals surface area contributed by atoms with Crippen LogP contribution < -0.4 is 5.32 Å². The normalized spacial score (nSPS) is 15.5. The third-order valence-electron chi connectivity index (χ3n) is 4.29. The quantitative estimate of drug-likeness (QED) is 0.891. The largest absolute Gasteiger partial charge is 0.351 e. The number of nitrogens with zero attached hydrogens (tertiary/aromatic N) is 2. The van der Waals surface area contributed by atoms with Gasteiger partial charge in [0.2, 0.25) is 0 Å². The zero-order valence-electron chi connectivity index (χ0n) is 13.0. The molecule has 1 saturated carbocycles. The van der Waals surface area contributed by atoms with Crippen LogP contribution in [0.15, 0.2) is 24.3 Å². The van der Waals surface area contributed by atoms with Crippen LogP contribution in [0, 0.1) is 5.82 Å². The standard InChI is InChI=1S/C17H21FN4O/c18-14-9-5-4-8-13(14)17(23)19-11-10-15-20-16(22-21-15)12-6-2-1-3-7-12/h4-5,8-9,12H,1-3,6-7,10-11H2,(H,19,23)(H,20,21,22). The Kier molecular flexibility index (Phi) is 5.00. The predicted molar refractivity (Wildman–Crippen MR) is 84.6 cm³/mol. The Morgan fingerprint density at radius 1 is 1.26 bits per heavy atom. The number of benzene rings is 1. The third-order valence-corrected chi connectivity index (χ3v) is 4.29. The first-order chi connectivity index (χ1) is 11.2. The van der Waals surface area contributed by atoms with Crippen molar-refractivity contribution in [3.63, 3.8) is 0 Å². The molecule has 0 bridgehead atoms. The number of H-pyrrole nitrogens is 1. The van der Waals surface area contributed by atoms with Crippen molar-refractivity contribution in [3.05, 3.63) is 47.3 Å². The fraction of sp³-hybridized carbons (Fsp3) is 0.471. The summed E-state index contributed by atoms with van der Waals surface area (Å²) in [4.78, 5) is 16.4. The lowest BCUT2D eigenvalue weighted by Crippen LogP contribution is -2.26. The summed E-state index contributed by atoms with van der Waals surface area (Å²) in [7, 11) is 0. The second-order valence-electron chi connectivity index (χ2n) is 5.96. The fourth-order valence-electron chi connectivity index (χ4n) is 3.00. The Morgan fingerprint density at radius 3 is 2.83 bits per heavy atom. The number of aromatic nitrogens is 3. The minimum Gasteiger partial charge on any atom is -0.351 e. The molecule has 1 aliphatic carbocycles. The van der Waals surface area contributed by atoms with Crippen molar-refractivity contribution < 1.29 is 9.18 Å². The second-order valence-corrected chi connectivity index (χ2v) is 5.96. The van der Waals surface area contributed by atoms with Crippen molar-refractivity contribution in [2.75, 3.05) is 6.54 Å². The maximum atomic E-state index is 13.5. The minimum absolute atomic E-state index is 0.0629. The molecule has 0 unspecified atom stereocenters. The average Bonchev–Trinajstić information content (AvgIpc) is 3.05. The van der Waals surface area contributed by atoms with E-state index in [1.165, 1.54) is 31.4 Å². The summed E-state index contributed by atoms with van der Waals surface area (Å²) in [5.41, 5.74) is 0.0629. The molecular weight excluding hydrogens is 295 g/mol. The number of halogens is 1. The molecule has 1 heterocycles. The van der Waals surface area contributed by atoms with Crippen LogP contribution in [0.2, 0.25) is 0 Å². The van der Waals surface area contributed by atoms with Gasteiger partial charge >= 0.3 is 0 Å². The number of aromatic amines is 1. The van der Waals surface area contributed by atoms with E-state index in [2.05, 4.69) is 20.5 Å². The van der Waals surface area contributed by atoms with Gasteiger partial charge in [0, 0.05) is 18.9 Å². The van der Waals surface area contributed by atoms with Gasteiger partial charge in [-0.05, 0) is 25.0 Å². The highest BCUT2D eigenvalue weighted by Gasteiger charge is 2.19. The smallest absolute Gasteiger partial charge is 0.254 e. The van der Waals surface area contributed by atoms with Gasteiger partial charge in [0.25, 0.3) is 5.91 Å². The summed E-state index contributed by atoms with van der Waals surface area (Å²) in [6.07, 6.45) is 6.65. The number of nitrogens with one attached hydrogen (secondary N) is 2. The van der Waals surface area contributed by atoms with Crippen molar-refractivity contribution >= 4 is 5.91 Å². The van der Waals surface area contributed by atoms with E-state index in [9.17, 15) is 9.18 Å². The van der Waals surface area contributed by atoms with Gasteiger partial charge in [0.1, 0.15) is 11.6 Å². The molecule has 5 nitrogen and oxygen atoms in total. The highest BCUT2D eigenvalue weighted by Crippen LogP contribution is 2.30. The molecular formula is C17H21FN4O. The van der Waals surface area contributed by atoms with Gasteiger partial charge < -0.3 is 5.32 Å². The Hall–Kier alpha value is -2.24. The van der Waals surface area contributed by atoms with Gasteiger partial charge in [-0.2, -0.15) is 5.10 Å². The van der Waals surface area contributed by atoms with Crippen LogP contribution in [-0.2, 0) is 6.42 Å². The number of amides is 1. The minimum atomic E-state index is -0.510. The summed E-state index contributed by atoms with van der Waals surface area (Å²) >= 11 is 0. The van der Waals surface area contributed by atoms with Gasteiger partial charge in [-0.1, -0.05) is 31.4 Å². The zero-order chi connectivity index (χ0) is 16.1. The van der Waals surface area contributed by atoms with Gasteiger partial charge in [0.15, 0.2) is 5.82 Å². The first-order valence-electron chi connectivity index (χ1n) is 8.18. The van der Waals surface area contributed by atoms with E-state index >= 15 is 0 Å². The molecule has 0 saturated heterocycles. The Balaban J connectivity index is 1.50. The van der Waals surface area contributed by atoms with Gasteiger partial charge in [0.05, 0.1) is 5.56 Å². The van der Waals surface area contributed by atoms with E-state index < -0.39 is 11.7 Å². The van der Waals surface area contributed by atoms with Crippen LogP contribution in [0.3, 0.4) is 0 Å². The van der Waals surface area contributed by atoms with Crippen LogP contribution in [-0.4, -0.2) is 27.6 Å². The SMILES string of the molecule is O=C(NCCc1nc(C2CCCCC2)n[nH]1)c1ccccc1F. The summed E-state index contributed by atoms with van der Waals surface area (Å²) in [5, 5.41) is 9.95. The molecule has 2 aromatic rings. The molecule has 23 heavy (non-hydrogen) atoms. The molecule has 0 radical (unpaired) electrons. The predicted octanol–water partition coefficient (Wildman–Crippen LogP) is 2.96. The molecule has 0 spiro atoms. The molecule has 2 N–H and O–H groups in total. The first-order valence-corrected chi connectivity index (χ1v) is 8.18. The zero-order valence-corrected chi connectivity index (χ0v) is 13.0. The molecule has 3 rings (SSSR count). The third kappa shape index (κ3) is 3.94. The van der Waals surface area contributed by atoms with Crippen molar-refractivity contribution in [3.8, 4) is 0 Å². The molecule has 1 aromatic carbocycles. The van der Waals surface area contributed by atoms with Crippen LogP contribution in [0.25, 0.3) is 0 Å². The monoisotopic (exact) mass is 316 g/mol. The Labute approximate surface area is 134 Å². The molecule has 0 aliphatic heterocycles. The average molecular weight is 316 g/mol. The molecule has 1 aliphatic rings. The van der Waals surface area contributed by atoms with Crippen molar-refractivity contribution in [1.29, 1.82) is 0 Å². The van der Waals surface area contributed by atoms with Gasteiger partial charge in [-0.3, -0.25) is 9.89 Å². The fourth-order valence-corrected chi connectivity index (χ4v) is 3.00. The molecule has 1 amide bonds. The lowest BCUT2D eigenvalue weighted by atomic mass is 9.89. The number of rotatable bonds is 5. The number of hydrogen-bond acceptors (Lipinski definition) is 3. The highest BCUT2D eigenvalue weighted by molar-refractivity contribution is 5.94. The summed E-state index contributed by atoms with van der Waals surface area (Å²) in [6, 6.07) is 5.96. The van der Waals surface area contributed by atoms with Crippen molar-refractivity contribution in [1.82, 2.24) is 20.5 Å². The Morgan fingerprint density at radius 2 is 2.04 bits per heavy atom. The highest BCUT2D eigenvalue weighted by atomic mass is 19.1. The summed E-state index contributed by atoms with van der Waals surface area (Å²) in [5.74, 6) is 1.20. The number of carbonyl (C=O) groups excluding carboxylic acids is 1. The number of carbonyl (C=O) groups is 1. The van der Waals surface area contributed by atoms with E-state index in [1.807, 2.05) is 0 Å². The van der Waals surface area contributed by atoms with E-state index in [-0.39, 0.29) is 5.56 Å². The molecule has 122 valence electrons. The Bertz CT molecular complexity index is 664. The number of hydrogen-bond donors (Lipinski definition) is 2. The topological polar surface area (TPSA) is 70.7 Å². The lowest BCUT2D eigenvalue weighted by Gasteiger charge is -2.18. The molecule has 1 fully saturated rings. The van der Waals surface area contributed by atoms with Crippen LogP contribution in [0.4, 0.5) is 4.39 Å².